The average molecular weight is 298 g/mol. The van der Waals surface area contributed by atoms with E-state index in [9.17, 15) is 4.79 Å². The van der Waals surface area contributed by atoms with E-state index in [0.29, 0.717) is 11.4 Å². The summed E-state index contributed by atoms with van der Waals surface area (Å²) in [5, 5.41) is 2.92. The topological polar surface area (TPSA) is 55.1 Å². The summed E-state index contributed by atoms with van der Waals surface area (Å²) < 4.78 is 0. The fourth-order valence-corrected chi connectivity index (χ4v) is 2.22. The number of anilines is 1. The molecular weight excluding hydrogens is 280 g/mol. The predicted octanol–water partition coefficient (Wildman–Crippen LogP) is 3.26. The Morgan fingerprint density at radius 2 is 1.76 bits per heavy atom. The summed E-state index contributed by atoms with van der Waals surface area (Å²) in [7, 11) is 0. The molecule has 4 heteroatoms. The number of rotatable bonds is 5. The molecule has 0 saturated heterocycles. The smallest absolute Gasteiger partial charge is 0.231 e. The molecule has 1 atom stereocenters. The van der Waals surface area contributed by atoms with Crippen molar-refractivity contribution >= 4 is 28.8 Å². The van der Waals surface area contributed by atoms with Gasteiger partial charge in [-0.25, -0.2) is 0 Å². The van der Waals surface area contributed by atoms with Gasteiger partial charge in [-0.05, 0) is 30.2 Å². The lowest BCUT2D eigenvalue weighted by molar-refractivity contribution is -0.117. The summed E-state index contributed by atoms with van der Waals surface area (Å²) in [6, 6.07) is 17.3. The molecule has 1 amide bonds. The van der Waals surface area contributed by atoms with Crippen LogP contribution in [0.3, 0.4) is 0 Å². The van der Waals surface area contributed by atoms with E-state index in [1.54, 1.807) is 0 Å². The molecular formula is C17H18N2OS. The number of carbonyl (C=O) groups excluding carboxylic acids is 1. The Hall–Kier alpha value is -2.20. The monoisotopic (exact) mass is 298 g/mol. The van der Waals surface area contributed by atoms with E-state index in [1.165, 1.54) is 0 Å². The summed E-state index contributed by atoms with van der Waals surface area (Å²) in [6.45, 7) is 1.89. The van der Waals surface area contributed by atoms with Gasteiger partial charge >= 0.3 is 0 Å². The summed E-state index contributed by atoms with van der Waals surface area (Å²) in [5.74, 6) is -0.217. The second kappa shape index (κ2) is 6.99. The molecule has 2 aromatic carbocycles. The Labute approximate surface area is 130 Å². The Kier molecular flexibility index (Phi) is 5.06. The molecule has 3 nitrogen and oxygen atoms in total. The molecule has 3 N–H and O–H groups in total. The lowest BCUT2D eigenvalue weighted by Gasteiger charge is -2.12. The van der Waals surface area contributed by atoms with Gasteiger partial charge in [0, 0.05) is 12.1 Å². The standard InChI is InChI=1S/C17H18N2OS/c1-12(14-5-3-2-4-6-14)17(20)19-15-9-7-13(8-10-15)11-16(18)21/h2-10,12H,11H2,1H3,(H2,18,21)(H,19,20). The molecule has 0 saturated carbocycles. The van der Waals surface area contributed by atoms with Crippen molar-refractivity contribution < 1.29 is 4.79 Å². The number of nitrogens with two attached hydrogens (primary N) is 1. The predicted molar refractivity (Wildman–Crippen MR) is 90.4 cm³/mol. The minimum Gasteiger partial charge on any atom is -0.393 e. The van der Waals surface area contributed by atoms with Gasteiger partial charge in [0.25, 0.3) is 0 Å². The van der Waals surface area contributed by atoms with Gasteiger partial charge in [0.2, 0.25) is 5.91 Å². The summed E-state index contributed by atoms with van der Waals surface area (Å²) in [6.07, 6.45) is 0.573. The first-order chi connectivity index (χ1) is 10.1. The van der Waals surface area contributed by atoms with E-state index >= 15 is 0 Å². The van der Waals surface area contributed by atoms with Crippen LogP contribution in [0.4, 0.5) is 5.69 Å². The second-order valence-electron chi connectivity index (χ2n) is 4.96. The summed E-state index contributed by atoms with van der Waals surface area (Å²) >= 11 is 4.88. The average Bonchev–Trinajstić information content (AvgIpc) is 2.49. The molecule has 1 unspecified atom stereocenters. The van der Waals surface area contributed by atoms with E-state index in [0.717, 1.165) is 16.8 Å². The van der Waals surface area contributed by atoms with Crippen LogP contribution in [0.2, 0.25) is 0 Å². The molecule has 0 radical (unpaired) electrons. The fraction of sp³-hybridized carbons (Fsp3) is 0.176. The van der Waals surface area contributed by atoms with Gasteiger partial charge in [-0.2, -0.15) is 0 Å². The Morgan fingerprint density at radius 3 is 2.33 bits per heavy atom. The molecule has 0 bridgehead atoms. The first-order valence-corrected chi connectivity index (χ1v) is 7.20. The zero-order chi connectivity index (χ0) is 15.2. The van der Waals surface area contributed by atoms with Gasteiger partial charge in [0.15, 0.2) is 0 Å². The van der Waals surface area contributed by atoms with E-state index < -0.39 is 0 Å². The van der Waals surface area contributed by atoms with Crippen molar-refractivity contribution in [2.24, 2.45) is 5.73 Å². The van der Waals surface area contributed by atoms with Gasteiger partial charge in [-0.15, -0.1) is 0 Å². The molecule has 0 aliphatic heterocycles. The maximum atomic E-state index is 12.2. The van der Waals surface area contributed by atoms with Gasteiger partial charge in [0.05, 0.1) is 10.9 Å². The molecule has 0 aliphatic carbocycles. The van der Waals surface area contributed by atoms with Crippen molar-refractivity contribution in [3.8, 4) is 0 Å². The van der Waals surface area contributed by atoms with Crippen LogP contribution in [0, 0.1) is 0 Å². The number of hydrogen-bond acceptors (Lipinski definition) is 2. The first kappa shape index (κ1) is 15.2. The maximum Gasteiger partial charge on any atom is 0.231 e. The quantitative estimate of drug-likeness (QED) is 0.833. The summed E-state index contributed by atoms with van der Waals surface area (Å²) in [4.78, 5) is 12.7. The fourth-order valence-electron chi connectivity index (χ4n) is 2.05. The number of nitrogens with one attached hydrogen (secondary N) is 1. The highest BCUT2D eigenvalue weighted by atomic mass is 32.1. The van der Waals surface area contributed by atoms with E-state index in [4.69, 9.17) is 18.0 Å². The lowest BCUT2D eigenvalue weighted by atomic mass is 10.0. The lowest BCUT2D eigenvalue weighted by Crippen LogP contribution is -2.18. The van der Waals surface area contributed by atoms with Crippen molar-refractivity contribution in [3.05, 3.63) is 65.7 Å². The van der Waals surface area contributed by atoms with E-state index in [-0.39, 0.29) is 11.8 Å². The highest BCUT2D eigenvalue weighted by Gasteiger charge is 2.14. The summed E-state index contributed by atoms with van der Waals surface area (Å²) in [5.41, 5.74) is 8.32. The number of benzene rings is 2. The molecule has 0 aromatic heterocycles. The number of amides is 1. The van der Waals surface area contributed by atoms with Gasteiger partial charge in [-0.3, -0.25) is 4.79 Å². The van der Waals surface area contributed by atoms with E-state index in [1.807, 2.05) is 61.5 Å². The largest absolute Gasteiger partial charge is 0.393 e. The highest BCUT2D eigenvalue weighted by Crippen LogP contribution is 2.18. The van der Waals surface area contributed by atoms with Crippen molar-refractivity contribution in [2.45, 2.75) is 19.3 Å². The zero-order valence-corrected chi connectivity index (χ0v) is 12.7. The second-order valence-corrected chi connectivity index (χ2v) is 5.49. The molecule has 0 spiro atoms. The zero-order valence-electron chi connectivity index (χ0n) is 11.9. The number of thiocarbonyl (C=S) groups is 1. The van der Waals surface area contributed by atoms with Crippen LogP contribution in [-0.4, -0.2) is 10.9 Å². The normalized spacial score (nSPS) is 11.7. The van der Waals surface area contributed by atoms with Crippen molar-refractivity contribution in [2.75, 3.05) is 5.32 Å². The Balaban J connectivity index is 2.01. The third-order valence-corrected chi connectivity index (χ3v) is 3.44. The van der Waals surface area contributed by atoms with Crippen LogP contribution in [0.5, 0.6) is 0 Å². The van der Waals surface area contributed by atoms with Crippen LogP contribution in [-0.2, 0) is 11.2 Å². The third-order valence-electron chi connectivity index (χ3n) is 3.29. The molecule has 108 valence electrons. The van der Waals surface area contributed by atoms with Crippen molar-refractivity contribution in [3.63, 3.8) is 0 Å². The SMILES string of the molecule is CC(C(=O)Nc1ccc(CC(N)=S)cc1)c1ccccc1. The van der Waals surface area contributed by atoms with Crippen LogP contribution >= 0.6 is 12.2 Å². The number of hydrogen-bond donors (Lipinski definition) is 2. The molecule has 21 heavy (non-hydrogen) atoms. The van der Waals surface area contributed by atoms with Crippen LogP contribution < -0.4 is 11.1 Å². The van der Waals surface area contributed by atoms with Crippen molar-refractivity contribution in [1.82, 2.24) is 0 Å². The molecule has 0 heterocycles. The minimum absolute atomic E-state index is 0.0247. The van der Waals surface area contributed by atoms with Crippen LogP contribution in [0.1, 0.15) is 24.0 Å². The van der Waals surface area contributed by atoms with Gasteiger partial charge < -0.3 is 11.1 Å². The molecule has 0 fully saturated rings. The van der Waals surface area contributed by atoms with Gasteiger partial charge in [0.1, 0.15) is 0 Å². The highest BCUT2D eigenvalue weighted by molar-refractivity contribution is 7.80. The maximum absolute atomic E-state index is 12.2. The van der Waals surface area contributed by atoms with Crippen LogP contribution in [0.15, 0.2) is 54.6 Å². The minimum atomic E-state index is -0.192. The Morgan fingerprint density at radius 1 is 1.14 bits per heavy atom. The first-order valence-electron chi connectivity index (χ1n) is 6.79. The van der Waals surface area contributed by atoms with Crippen LogP contribution in [0.25, 0.3) is 0 Å². The van der Waals surface area contributed by atoms with Gasteiger partial charge in [-0.1, -0.05) is 54.7 Å². The van der Waals surface area contributed by atoms with E-state index in [2.05, 4.69) is 5.32 Å². The molecule has 2 rings (SSSR count). The Bertz CT molecular complexity index is 623. The molecule has 2 aromatic rings. The third kappa shape index (κ3) is 4.39. The van der Waals surface area contributed by atoms with Crippen molar-refractivity contribution in [1.29, 1.82) is 0 Å². The molecule has 0 aliphatic rings. The number of carbonyl (C=O) groups is 1.